The van der Waals surface area contributed by atoms with Gasteiger partial charge in [-0.25, -0.2) is 9.97 Å². The summed E-state index contributed by atoms with van der Waals surface area (Å²) in [5.74, 6) is 1.66. The molecule has 0 spiro atoms. The Morgan fingerprint density at radius 3 is 2.80 bits per heavy atom. The smallest absolute Gasteiger partial charge is 0.131 e. The van der Waals surface area contributed by atoms with E-state index in [1.807, 2.05) is 6.92 Å². The molecule has 1 heterocycles. The van der Waals surface area contributed by atoms with Crippen molar-refractivity contribution in [1.29, 1.82) is 0 Å². The van der Waals surface area contributed by atoms with Crippen molar-refractivity contribution in [2.45, 2.75) is 51.5 Å². The van der Waals surface area contributed by atoms with E-state index in [9.17, 15) is 0 Å². The average molecular weight is 205 g/mol. The highest BCUT2D eigenvalue weighted by Gasteiger charge is 2.27. The molecule has 0 aliphatic heterocycles. The molecule has 2 N–H and O–H groups in total. The minimum atomic E-state index is 0.228. The van der Waals surface area contributed by atoms with Crippen molar-refractivity contribution in [3.8, 4) is 0 Å². The molecule has 0 radical (unpaired) electrons. The third-order valence-electron chi connectivity index (χ3n) is 2.86. The monoisotopic (exact) mass is 205 g/mol. The number of aromatic nitrogens is 2. The van der Waals surface area contributed by atoms with Crippen molar-refractivity contribution in [2.75, 3.05) is 0 Å². The van der Waals surface area contributed by atoms with Crippen LogP contribution in [0.2, 0.25) is 0 Å². The summed E-state index contributed by atoms with van der Waals surface area (Å²) in [6.45, 7) is 4.15. The molecule has 2 rings (SSSR count). The first-order valence-corrected chi connectivity index (χ1v) is 5.79. The van der Waals surface area contributed by atoms with Crippen molar-refractivity contribution >= 4 is 0 Å². The minimum Gasteiger partial charge on any atom is -0.327 e. The summed E-state index contributed by atoms with van der Waals surface area (Å²) in [5, 5.41) is 0. The lowest BCUT2D eigenvalue weighted by atomic mass is 10.1. The van der Waals surface area contributed by atoms with Gasteiger partial charge < -0.3 is 5.73 Å². The van der Waals surface area contributed by atoms with E-state index < -0.39 is 0 Å². The topological polar surface area (TPSA) is 51.8 Å². The molecule has 0 amide bonds. The van der Waals surface area contributed by atoms with Gasteiger partial charge in [0.05, 0.1) is 0 Å². The molecule has 0 bridgehead atoms. The second kappa shape index (κ2) is 4.27. The van der Waals surface area contributed by atoms with E-state index in [4.69, 9.17) is 5.73 Å². The second-order valence-corrected chi connectivity index (χ2v) is 4.51. The van der Waals surface area contributed by atoms with Crippen molar-refractivity contribution in [1.82, 2.24) is 9.97 Å². The molecule has 1 aromatic heterocycles. The lowest BCUT2D eigenvalue weighted by molar-refractivity contribution is 0.631. The molecule has 0 aromatic carbocycles. The molecular weight excluding hydrogens is 186 g/mol. The Balaban J connectivity index is 2.15. The Kier molecular flexibility index (Phi) is 3.00. The fourth-order valence-corrected chi connectivity index (χ4v) is 1.70. The van der Waals surface area contributed by atoms with Crippen LogP contribution >= 0.6 is 0 Å². The maximum absolute atomic E-state index is 5.94. The summed E-state index contributed by atoms with van der Waals surface area (Å²) in [6, 6.07) is 2.29. The van der Waals surface area contributed by atoms with E-state index in [0.717, 1.165) is 30.1 Å². The number of nitrogens with two attached hydrogens (primary N) is 1. The molecule has 1 aromatic rings. The molecule has 1 fully saturated rings. The van der Waals surface area contributed by atoms with E-state index in [0.29, 0.717) is 5.92 Å². The zero-order chi connectivity index (χ0) is 10.8. The molecule has 1 aliphatic rings. The van der Waals surface area contributed by atoms with Crippen LogP contribution in [0.5, 0.6) is 0 Å². The molecular formula is C12H19N3. The molecule has 1 saturated carbocycles. The molecule has 3 nitrogen and oxygen atoms in total. The molecule has 0 saturated heterocycles. The molecule has 3 heteroatoms. The highest BCUT2D eigenvalue weighted by Crippen LogP contribution is 2.38. The zero-order valence-corrected chi connectivity index (χ0v) is 9.53. The van der Waals surface area contributed by atoms with Gasteiger partial charge in [0.2, 0.25) is 0 Å². The van der Waals surface area contributed by atoms with Crippen LogP contribution < -0.4 is 5.73 Å². The van der Waals surface area contributed by atoms with Gasteiger partial charge in [-0.15, -0.1) is 0 Å². The third kappa shape index (κ3) is 2.75. The first kappa shape index (κ1) is 10.6. The van der Waals surface area contributed by atoms with Crippen LogP contribution in [0.3, 0.4) is 0 Å². The van der Waals surface area contributed by atoms with Gasteiger partial charge in [-0.1, -0.05) is 6.92 Å². The van der Waals surface area contributed by atoms with Crippen molar-refractivity contribution in [3.05, 3.63) is 23.3 Å². The number of hydrogen-bond donors (Lipinski definition) is 1. The Labute approximate surface area is 91.1 Å². The van der Waals surface area contributed by atoms with Crippen LogP contribution in [-0.4, -0.2) is 16.0 Å². The van der Waals surface area contributed by atoms with Crippen molar-refractivity contribution in [3.63, 3.8) is 0 Å². The van der Waals surface area contributed by atoms with Gasteiger partial charge >= 0.3 is 0 Å². The normalized spacial score (nSPS) is 17.8. The fourth-order valence-electron chi connectivity index (χ4n) is 1.70. The predicted molar refractivity (Wildman–Crippen MR) is 60.7 cm³/mol. The summed E-state index contributed by atoms with van der Waals surface area (Å²) in [6.07, 6.45) is 4.38. The van der Waals surface area contributed by atoms with Gasteiger partial charge in [0, 0.05) is 29.8 Å². The van der Waals surface area contributed by atoms with E-state index in [2.05, 4.69) is 23.0 Å². The van der Waals surface area contributed by atoms with Gasteiger partial charge in [0.15, 0.2) is 0 Å². The van der Waals surface area contributed by atoms with Crippen LogP contribution in [0.4, 0.5) is 0 Å². The maximum atomic E-state index is 5.94. The van der Waals surface area contributed by atoms with Gasteiger partial charge in [-0.2, -0.15) is 0 Å². The summed E-state index contributed by atoms with van der Waals surface area (Å²) < 4.78 is 0. The summed E-state index contributed by atoms with van der Waals surface area (Å²) >= 11 is 0. The van der Waals surface area contributed by atoms with Crippen LogP contribution in [0.1, 0.15) is 49.3 Å². The van der Waals surface area contributed by atoms with Crippen LogP contribution in [0.15, 0.2) is 6.07 Å². The van der Waals surface area contributed by atoms with Crippen molar-refractivity contribution < 1.29 is 0 Å². The predicted octanol–water partition coefficient (Wildman–Crippen LogP) is 1.94. The minimum absolute atomic E-state index is 0.228. The molecule has 82 valence electrons. The number of rotatable bonds is 4. The van der Waals surface area contributed by atoms with E-state index in [1.165, 1.54) is 12.8 Å². The highest BCUT2D eigenvalue weighted by molar-refractivity contribution is 5.15. The lowest BCUT2D eigenvalue weighted by Crippen LogP contribution is -2.22. The standard InChI is InChI=1S/C12H19N3/c1-3-10(13)7-11-6-8(2)14-12(15-11)9-4-5-9/h6,9-10H,3-5,7,13H2,1-2H3. The average Bonchev–Trinajstić information content (AvgIpc) is 2.99. The summed E-state index contributed by atoms with van der Waals surface area (Å²) in [5.41, 5.74) is 8.12. The van der Waals surface area contributed by atoms with E-state index >= 15 is 0 Å². The first-order valence-electron chi connectivity index (χ1n) is 5.79. The van der Waals surface area contributed by atoms with Gasteiger partial charge in [0.1, 0.15) is 5.82 Å². The highest BCUT2D eigenvalue weighted by atomic mass is 14.9. The molecule has 15 heavy (non-hydrogen) atoms. The summed E-state index contributed by atoms with van der Waals surface area (Å²) in [7, 11) is 0. The van der Waals surface area contributed by atoms with Crippen LogP contribution in [-0.2, 0) is 6.42 Å². The van der Waals surface area contributed by atoms with Crippen LogP contribution in [0, 0.1) is 6.92 Å². The van der Waals surface area contributed by atoms with Crippen LogP contribution in [0.25, 0.3) is 0 Å². The SMILES string of the molecule is CCC(N)Cc1cc(C)nc(C2CC2)n1. The summed E-state index contributed by atoms with van der Waals surface area (Å²) in [4.78, 5) is 9.07. The number of aryl methyl sites for hydroxylation is 1. The van der Waals surface area contributed by atoms with Gasteiger partial charge in [-0.3, -0.25) is 0 Å². The molecule has 1 atom stereocenters. The van der Waals surface area contributed by atoms with E-state index in [-0.39, 0.29) is 6.04 Å². The lowest BCUT2D eigenvalue weighted by Gasteiger charge is -2.09. The Morgan fingerprint density at radius 2 is 2.20 bits per heavy atom. The van der Waals surface area contributed by atoms with Gasteiger partial charge in [-0.05, 0) is 32.3 Å². The maximum Gasteiger partial charge on any atom is 0.131 e. The Morgan fingerprint density at radius 1 is 1.47 bits per heavy atom. The van der Waals surface area contributed by atoms with Gasteiger partial charge in [0.25, 0.3) is 0 Å². The third-order valence-corrected chi connectivity index (χ3v) is 2.86. The number of nitrogens with zero attached hydrogens (tertiary/aromatic N) is 2. The molecule has 1 unspecified atom stereocenters. The molecule has 1 aliphatic carbocycles. The Hall–Kier alpha value is -0.960. The Bertz CT molecular complexity index is 345. The zero-order valence-electron chi connectivity index (χ0n) is 9.53. The largest absolute Gasteiger partial charge is 0.327 e. The fraction of sp³-hybridized carbons (Fsp3) is 0.667. The second-order valence-electron chi connectivity index (χ2n) is 4.51. The quantitative estimate of drug-likeness (QED) is 0.817. The van der Waals surface area contributed by atoms with E-state index in [1.54, 1.807) is 0 Å². The number of hydrogen-bond acceptors (Lipinski definition) is 3. The first-order chi connectivity index (χ1) is 7.19. The van der Waals surface area contributed by atoms with Crippen molar-refractivity contribution in [2.24, 2.45) is 5.73 Å².